The number of likely N-dealkylation sites (tertiary alicyclic amines) is 1. The van der Waals surface area contributed by atoms with Crippen molar-refractivity contribution >= 4 is 11.7 Å². The number of halogens is 3. The van der Waals surface area contributed by atoms with Crippen molar-refractivity contribution in [1.29, 1.82) is 0 Å². The molecule has 1 saturated heterocycles. The number of amides is 2. The standard InChI is InChI=1S/C16H22F3N3O/c1-2-9-22-10-7-12(8-11-22)20-15(23)21-14-6-4-3-5-13(14)16(17,18)19/h3-6,12H,2,7-11H2,1H3,(H2,20,21,23)/p+1. The number of alkyl halides is 3. The summed E-state index contributed by atoms with van der Waals surface area (Å²) in [6.07, 6.45) is -1.66. The summed E-state index contributed by atoms with van der Waals surface area (Å²) in [6.45, 7) is 5.23. The molecule has 0 atom stereocenters. The molecule has 0 bridgehead atoms. The van der Waals surface area contributed by atoms with E-state index in [2.05, 4.69) is 17.6 Å². The van der Waals surface area contributed by atoms with Crippen molar-refractivity contribution in [2.75, 3.05) is 25.0 Å². The van der Waals surface area contributed by atoms with E-state index in [1.165, 1.54) is 23.1 Å². The minimum Gasteiger partial charge on any atom is -0.335 e. The number of carbonyl (C=O) groups excluding carboxylic acids is 1. The number of urea groups is 1. The van der Waals surface area contributed by atoms with Gasteiger partial charge in [0.25, 0.3) is 0 Å². The van der Waals surface area contributed by atoms with Gasteiger partial charge in [-0.25, -0.2) is 4.79 Å². The number of carbonyl (C=O) groups is 1. The Morgan fingerprint density at radius 1 is 1.26 bits per heavy atom. The van der Waals surface area contributed by atoms with Crippen LogP contribution >= 0.6 is 0 Å². The zero-order valence-corrected chi connectivity index (χ0v) is 13.2. The number of anilines is 1. The molecule has 128 valence electrons. The Labute approximate surface area is 134 Å². The van der Waals surface area contributed by atoms with E-state index >= 15 is 0 Å². The molecule has 0 aliphatic carbocycles. The van der Waals surface area contributed by atoms with Crippen molar-refractivity contribution in [2.45, 2.75) is 38.4 Å². The van der Waals surface area contributed by atoms with Gasteiger partial charge >= 0.3 is 12.2 Å². The molecule has 1 aliphatic heterocycles. The lowest BCUT2D eigenvalue weighted by molar-refractivity contribution is -0.905. The maximum absolute atomic E-state index is 12.9. The van der Waals surface area contributed by atoms with E-state index in [9.17, 15) is 18.0 Å². The van der Waals surface area contributed by atoms with Gasteiger partial charge < -0.3 is 15.5 Å². The normalized spacial score (nSPS) is 21.7. The van der Waals surface area contributed by atoms with Gasteiger partial charge in [0.2, 0.25) is 0 Å². The van der Waals surface area contributed by atoms with Crippen molar-refractivity contribution in [3.63, 3.8) is 0 Å². The molecule has 3 N–H and O–H groups in total. The Kier molecular flexibility index (Phi) is 5.87. The van der Waals surface area contributed by atoms with Gasteiger partial charge in [-0.3, -0.25) is 0 Å². The SMILES string of the molecule is CCC[NH+]1CCC(NC(=O)Nc2ccccc2C(F)(F)F)CC1. The molecule has 2 rings (SSSR count). The Bertz CT molecular complexity index is 526. The van der Waals surface area contributed by atoms with E-state index < -0.39 is 17.8 Å². The molecule has 0 spiro atoms. The van der Waals surface area contributed by atoms with Crippen LogP contribution in [0.15, 0.2) is 24.3 Å². The van der Waals surface area contributed by atoms with Crippen LogP contribution in [0.25, 0.3) is 0 Å². The summed E-state index contributed by atoms with van der Waals surface area (Å²) in [5, 5.41) is 5.10. The summed E-state index contributed by atoms with van der Waals surface area (Å²) in [5.74, 6) is 0. The van der Waals surface area contributed by atoms with E-state index in [0.29, 0.717) is 0 Å². The first-order chi connectivity index (χ1) is 10.9. The second kappa shape index (κ2) is 7.68. The molecular weight excluding hydrogens is 307 g/mol. The van der Waals surface area contributed by atoms with Gasteiger partial charge in [0.15, 0.2) is 0 Å². The first-order valence-corrected chi connectivity index (χ1v) is 7.97. The highest BCUT2D eigenvalue weighted by molar-refractivity contribution is 5.90. The summed E-state index contributed by atoms with van der Waals surface area (Å²) in [7, 11) is 0. The summed E-state index contributed by atoms with van der Waals surface area (Å²) in [4.78, 5) is 13.5. The molecule has 1 aromatic carbocycles. The third-order valence-electron chi connectivity index (χ3n) is 4.11. The van der Waals surface area contributed by atoms with Gasteiger partial charge in [0.05, 0.1) is 30.9 Å². The first-order valence-electron chi connectivity index (χ1n) is 7.97. The monoisotopic (exact) mass is 330 g/mol. The molecule has 2 amide bonds. The van der Waals surface area contributed by atoms with Gasteiger partial charge in [-0.2, -0.15) is 13.2 Å². The van der Waals surface area contributed by atoms with E-state index in [1.807, 2.05) is 0 Å². The minimum absolute atomic E-state index is 0.0219. The number of hydrogen-bond donors (Lipinski definition) is 3. The van der Waals surface area contributed by atoms with Crippen LogP contribution in [0.3, 0.4) is 0 Å². The highest BCUT2D eigenvalue weighted by Gasteiger charge is 2.33. The predicted molar refractivity (Wildman–Crippen MR) is 82.5 cm³/mol. The molecule has 1 heterocycles. The number of hydrogen-bond acceptors (Lipinski definition) is 1. The fourth-order valence-electron chi connectivity index (χ4n) is 2.96. The van der Waals surface area contributed by atoms with Crippen molar-refractivity contribution in [3.05, 3.63) is 29.8 Å². The summed E-state index contributed by atoms with van der Waals surface area (Å²) < 4.78 is 38.7. The summed E-state index contributed by atoms with van der Waals surface area (Å²) >= 11 is 0. The number of rotatable bonds is 4. The number of para-hydroxylation sites is 1. The Morgan fingerprint density at radius 3 is 2.52 bits per heavy atom. The highest BCUT2D eigenvalue weighted by Crippen LogP contribution is 2.34. The van der Waals surface area contributed by atoms with Crippen molar-refractivity contribution in [2.24, 2.45) is 0 Å². The molecule has 0 unspecified atom stereocenters. The molecule has 23 heavy (non-hydrogen) atoms. The average Bonchev–Trinajstić information content (AvgIpc) is 2.49. The van der Waals surface area contributed by atoms with Gasteiger partial charge in [-0.15, -0.1) is 0 Å². The predicted octanol–water partition coefficient (Wildman–Crippen LogP) is 2.28. The Hall–Kier alpha value is -1.76. The number of quaternary nitrogens is 1. The summed E-state index contributed by atoms with van der Waals surface area (Å²) in [6, 6.07) is 4.44. The molecule has 1 aliphatic rings. The van der Waals surface area contributed by atoms with E-state index in [1.54, 1.807) is 0 Å². The van der Waals surface area contributed by atoms with Crippen LogP contribution in [0, 0.1) is 0 Å². The van der Waals surface area contributed by atoms with Crippen LogP contribution in [0.5, 0.6) is 0 Å². The molecule has 7 heteroatoms. The topological polar surface area (TPSA) is 45.6 Å². The Morgan fingerprint density at radius 2 is 1.91 bits per heavy atom. The average molecular weight is 330 g/mol. The second-order valence-electron chi connectivity index (χ2n) is 5.92. The fourth-order valence-corrected chi connectivity index (χ4v) is 2.96. The van der Waals surface area contributed by atoms with Crippen molar-refractivity contribution < 1.29 is 22.9 Å². The van der Waals surface area contributed by atoms with Crippen LogP contribution in [0.1, 0.15) is 31.7 Å². The largest absolute Gasteiger partial charge is 0.418 e. The van der Waals surface area contributed by atoms with Crippen molar-refractivity contribution in [1.82, 2.24) is 5.32 Å². The van der Waals surface area contributed by atoms with Crippen LogP contribution < -0.4 is 15.5 Å². The highest BCUT2D eigenvalue weighted by atomic mass is 19.4. The van der Waals surface area contributed by atoms with Gasteiger partial charge in [0.1, 0.15) is 0 Å². The third-order valence-corrected chi connectivity index (χ3v) is 4.11. The van der Waals surface area contributed by atoms with E-state index in [-0.39, 0.29) is 11.7 Å². The molecule has 0 radical (unpaired) electrons. The molecule has 4 nitrogen and oxygen atoms in total. The zero-order valence-electron chi connectivity index (χ0n) is 13.2. The first kappa shape index (κ1) is 17.6. The number of nitrogens with one attached hydrogen (secondary N) is 3. The van der Waals surface area contributed by atoms with Crippen LogP contribution in [0.2, 0.25) is 0 Å². The lowest BCUT2D eigenvalue weighted by atomic mass is 10.1. The van der Waals surface area contributed by atoms with Gasteiger partial charge in [0, 0.05) is 18.9 Å². The molecule has 1 aromatic rings. The van der Waals surface area contributed by atoms with Gasteiger partial charge in [-0.1, -0.05) is 19.1 Å². The zero-order chi connectivity index (χ0) is 16.9. The molecule has 0 saturated carbocycles. The van der Waals surface area contributed by atoms with Gasteiger partial charge in [-0.05, 0) is 18.6 Å². The lowest BCUT2D eigenvalue weighted by Gasteiger charge is -2.29. The summed E-state index contributed by atoms with van der Waals surface area (Å²) in [5.41, 5.74) is -1.05. The Balaban J connectivity index is 1.89. The molecule has 1 fully saturated rings. The van der Waals surface area contributed by atoms with Crippen molar-refractivity contribution in [3.8, 4) is 0 Å². The maximum Gasteiger partial charge on any atom is 0.418 e. The second-order valence-corrected chi connectivity index (χ2v) is 5.92. The molecule has 0 aromatic heterocycles. The van der Waals surface area contributed by atoms with Crippen LogP contribution in [-0.2, 0) is 6.18 Å². The fraction of sp³-hybridized carbons (Fsp3) is 0.562. The maximum atomic E-state index is 12.9. The minimum atomic E-state index is -4.49. The lowest BCUT2D eigenvalue weighted by Crippen LogP contribution is -3.13. The van der Waals surface area contributed by atoms with E-state index in [4.69, 9.17) is 0 Å². The van der Waals surface area contributed by atoms with Crippen LogP contribution in [0.4, 0.5) is 23.7 Å². The third kappa shape index (κ3) is 5.13. The van der Waals surface area contributed by atoms with Crippen LogP contribution in [-0.4, -0.2) is 31.7 Å². The molecular formula is C16H23F3N3O+. The number of benzene rings is 1. The quantitative estimate of drug-likeness (QED) is 0.779. The number of piperidine rings is 1. The smallest absolute Gasteiger partial charge is 0.335 e. The van der Waals surface area contributed by atoms with E-state index in [0.717, 1.165) is 45.0 Å².